The summed E-state index contributed by atoms with van der Waals surface area (Å²) in [5.74, 6) is 0.118. The lowest BCUT2D eigenvalue weighted by Crippen LogP contribution is -2.34. The highest BCUT2D eigenvalue weighted by Gasteiger charge is 2.13. The number of amides is 1. The summed E-state index contributed by atoms with van der Waals surface area (Å²) < 4.78 is 0. The van der Waals surface area contributed by atoms with Crippen molar-refractivity contribution >= 4 is 16.8 Å². The molecule has 0 atom stereocenters. The topological polar surface area (TPSA) is 56.3 Å². The van der Waals surface area contributed by atoms with Gasteiger partial charge in [-0.3, -0.25) is 4.79 Å². The van der Waals surface area contributed by atoms with Gasteiger partial charge in [0.25, 0.3) is 0 Å². The molecule has 0 saturated carbocycles. The van der Waals surface area contributed by atoms with Crippen LogP contribution in [0.3, 0.4) is 0 Å². The van der Waals surface area contributed by atoms with Crippen LogP contribution in [0.1, 0.15) is 30.9 Å². The van der Waals surface area contributed by atoms with E-state index in [1.807, 2.05) is 19.2 Å². The van der Waals surface area contributed by atoms with Crippen LogP contribution in [0.5, 0.6) is 0 Å². The molecule has 4 nitrogen and oxygen atoms in total. The number of carbonyl (C=O) groups is 1. The third kappa shape index (κ3) is 3.64. The number of H-pyrrole nitrogens is 1. The number of benzene rings is 1. The molecule has 0 fully saturated rings. The number of nitrogens with one attached hydrogen (secondary N) is 1. The summed E-state index contributed by atoms with van der Waals surface area (Å²) in [6.07, 6.45) is 4.13. The van der Waals surface area contributed by atoms with E-state index >= 15 is 0 Å². The van der Waals surface area contributed by atoms with Crippen LogP contribution in [-0.2, 0) is 11.2 Å². The van der Waals surface area contributed by atoms with E-state index in [0.29, 0.717) is 19.5 Å². The van der Waals surface area contributed by atoms with Crippen LogP contribution in [0.15, 0.2) is 24.4 Å². The first kappa shape index (κ1) is 15.6. The molecular formula is C17H24N2O2. The Kier molecular flexibility index (Phi) is 5.39. The molecule has 1 aromatic heterocycles. The highest BCUT2D eigenvalue weighted by atomic mass is 16.3. The molecule has 1 amide bonds. The summed E-state index contributed by atoms with van der Waals surface area (Å²) in [5, 5.41) is 10.2. The Morgan fingerprint density at radius 1 is 1.33 bits per heavy atom. The van der Waals surface area contributed by atoms with E-state index in [-0.39, 0.29) is 12.5 Å². The number of aliphatic hydroxyl groups excluding tert-OH is 1. The fraction of sp³-hybridized carbons (Fsp3) is 0.471. The first-order chi connectivity index (χ1) is 10.2. The van der Waals surface area contributed by atoms with Gasteiger partial charge in [0.05, 0.1) is 6.61 Å². The van der Waals surface area contributed by atoms with Gasteiger partial charge in [-0.05, 0) is 30.9 Å². The number of para-hydroxylation sites is 1. The van der Waals surface area contributed by atoms with Crippen LogP contribution in [0.2, 0.25) is 0 Å². The number of rotatable bonds is 7. The number of nitrogens with zero attached hydrogens (tertiary/aromatic N) is 1. The normalized spacial score (nSPS) is 11.0. The van der Waals surface area contributed by atoms with Crippen molar-refractivity contribution in [3.05, 3.63) is 35.5 Å². The number of aryl methyl sites for hydroxylation is 2. The largest absolute Gasteiger partial charge is 0.395 e. The monoisotopic (exact) mass is 288 g/mol. The van der Waals surface area contributed by atoms with Crippen molar-refractivity contribution in [2.24, 2.45) is 0 Å². The molecule has 0 saturated heterocycles. The van der Waals surface area contributed by atoms with E-state index < -0.39 is 0 Å². The van der Waals surface area contributed by atoms with Crippen molar-refractivity contribution < 1.29 is 9.90 Å². The number of hydrogen-bond acceptors (Lipinski definition) is 2. The summed E-state index contributed by atoms with van der Waals surface area (Å²) >= 11 is 0. The predicted octanol–water partition coefficient (Wildman–Crippen LogP) is 2.64. The summed E-state index contributed by atoms with van der Waals surface area (Å²) in [5.41, 5.74) is 3.56. The number of aromatic nitrogens is 1. The van der Waals surface area contributed by atoms with E-state index in [1.165, 1.54) is 16.5 Å². The maximum Gasteiger partial charge on any atom is 0.222 e. The predicted molar refractivity (Wildman–Crippen MR) is 85.3 cm³/mol. The van der Waals surface area contributed by atoms with Gasteiger partial charge >= 0.3 is 0 Å². The van der Waals surface area contributed by atoms with Gasteiger partial charge in [0, 0.05) is 36.6 Å². The molecule has 1 heterocycles. The van der Waals surface area contributed by atoms with Crippen molar-refractivity contribution in [2.75, 3.05) is 19.7 Å². The van der Waals surface area contributed by atoms with Gasteiger partial charge in [0.15, 0.2) is 0 Å². The van der Waals surface area contributed by atoms with Gasteiger partial charge in [-0.2, -0.15) is 0 Å². The second-order valence-corrected chi connectivity index (χ2v) is 5.42. The average molecular weight is 288 g/mol. The number of carbonyl (C=O) groups excluding carboxylic acids is 1. The number of fused-ring (bicyclic) bond motifs is 1. The Balaban J connectivity index is 2.04. The minimum Gasteiger partial charge on any atom is -0.395 e. The molecule has 0 aliphatic carbocycles. The zero-order valence-corrected chi connectivity index (χ0v) is 12.9. The molecule has 2 N–H and O–H groups in total. The lowest BCUT2D eigenvalue weighted by atomic mass is 10.1. The maximum absolute atomic E-state index is 12.2. The van der Waals surface area contributed by atoms with E-state index in [0.717, 1.165) is 18.4 Å². The molecule has 4 heteroatoms. The molecule has 2 rings (SSSR count). The van der Waals surface area contributed by atoms with Gasteiger partial charge in [0.2, 0.25) is 5.91 Å². The first-order valence-electron chi connectivity index (χ1n) is 7.61. The molecular weight excluding hydrogens is 264 g/mol. The van der Waals surface area contributed by atoms with Gasteiger partial charge in [-0.15, -0.1) is 0 Å². The fourth-order valence-electron chi connectivity index (χ4n) is 2.72. The van der Waals surface area contributed by atoms with Gasteiger partial charge in [0.1, 0.15) is 0 Å². The number of aliphatic hydroxyl groups is 1. The Labute approximate surface area is 125 Å². The molecule has 0 aliphatic heterocycles. The van der Waals surface area contributed by atoms with Crippen LogP contribution in [0, 0.1) is 6.92 Å². The third-order valence-corrected chi connectivity index (χ3v) is 3.83. The quantitative estimate of drug-likeness (QED) is 0.823. The Morgan fingerprint density at radius 3 is 2.86 bits per heavy atom. The van der Waals surface area contributed by atoms with Crippen molar-refractivity contribution in [3.63, 3.8) is 0 Å². The van der Waals surface area contributed by atoms with Crippen LogP contribution in [0.25, 0.3) is 10.9 Å². The second kappa shape index (κ2) is 7.27. The van der Waals surface area contributed by atoms with E-state index in [4.69, 9.17) is 5.11 Å². The summed E-state index contributed by atoms with van der Waals surface area (Å²) in [6.45, 7) is 5.29. The van der Waals surface area contributed by atoms with Crippen molar-refractivity contribution in [1.29, 1.82) is 0 Å². The summed E-state index contributed by atoms with van der Waals surface area (Å²) in [4.78, 5) is 17.3. The minimum atomic E-state index is 0.0258. The van der Waals surface area contributed by atoms with Crippen molar-refractivity contribution in [1.82, 2.24) is 9.88 Å². The SMILES string of the molecule is CCCN(CCO)C(=O)CCc1c[nH]c2c(C)cccc12. The second-order valence-electron chi connectivity index (χ2n) is 5.42. The average Bonchev–Trinajstić information content (AvgIpc) is 2.89. The van der Waals surface area contributed by atoms with E-state index in [9.17, 15) is 4.79 Å². The summed E-state index contributed by atoms with van der Waals surface area (Å²) in [6, 6.07) is 6.22. The molecule has 0 bridgehead atoms. The Bertz CT molecular complexity index is 598. The van der Waals surface area contributed by atoms with Crippen LogP contribution in [-0.4, -0.2) is 40.6 Å². The third-order valence-electron chi connectivity index (χ3n) is 3.83. The molecule has 2 aromatic rings. The molecule has 21 heavy (non-hydrogen) atoms. The smallest absolute Gasteiger partial charge is 0.222 e. The van der Waals surface area contributed by atoms with E-state index in [1.54, 1.807) is 4.90 Å². The Hall–Kier alpha value is -1.81. The Morgan fingerprint density at radius 2 is 2.14 bits per heavy atom. The van der Waals surface area contributed by atoms with Gasteiger partial charge in [-0.1, -0.05) is 25.1 Å². The molecule has 0 unspecified atom stereocenters. The fourth-order valence-corrected chi connectivity index (χ4v) is 2.72. The first-order valence-corrected chi connectivity index (χ1v) is 7.61. The highest BCUT2D eigenvalue weighted by Crippen LogP contribution is 2.22. The zero-order chi connectivity index (χ0) is 15.2. The number of aromatic amines is 1. The molecule has 0 radical (unpaired) electrons. The number of hydrogen-bond donors (Lipinski definition) is 2. The highest BCUT2D eigenvalue weighted by molar-refractivity contribution is 5.86. The zero-order valence-electron chi connectivity index (χ0n) is 12.9. The summed E-state index contributed by atoms with van der Waals surface area (Å²) in [7, 11) is 0. The lowest BCUT2D eigenvalue weighted by Gasteiger charge is -2.20. The molecule has 114 valence electrons. The van der Waals surface area contributed by atoms with Crippen molar-refractivity contribution in [2.45, 2.75) is 33.1 Å². The maximum atomic E-state index is 12.2. The standard InChI is InChI=1S/C17H24N2O2/c1-3-9-19(10-11-20)16(21)8-7-14-12-18-17-13(2)5-4-6-15(14)17/h4-6,12,18,20H,3,7-11H2,1-2H3. The van der Waals surface area contributed by atoms with Crippen LogP contribution in [0.4, 0.5) is 0 Å². The molecule has 1 aromatic carbocycles. The van der Waals surface area contributed by atoms with Crippen LogP contribution >= 0.6 is 0 Å². The van der Waals surface area contributed by atoms with Gasteiger partial charge < -0.3 is 15.0 Å². The lowest BCUT2D eigenvalue weighted by molar-refractivity contribution is -0.131. The van der Waals surface area contributed by atoms with Crippen LogP contribution < -0.4 is 0 Å². The molecule has 0 spiro atoms. The van der Waals surface area contributed by atoms with Gasteiger partial charge in [-0.25, -0.2) is 0 Å². The van der Waals surface area contributed by atoms with E-state index in [2.05, 4.69) is 24.0 Å². The minimum absolute atomic E-state index is 0.0258. The van der Waals surface area contributed by atoms with Crippen molar-refractivity contribution in [3.8, 4) is 0 Å². The molecule has 0 aliphatic rings.